The molecule has 2 N–H and O–H groups in total. The fourth-order valence-electron chi connectivity index (χ4n) is 5.99. The Bertz CT molecular complexity index is 1530. The molecule has 4 heterocycles. The summed E-state index contributed by atoms with van der Waals surface area (Å²) in [5.74, 6) is 0.360. The molecule has 2 aromatic heterocycles. The number of carboxylic acid groups (broad SMARTS) is 1. The highest BCUT2D eigenvalue weighted by molar-refractivity contribution is 6.06. The van der Waals surface area contributed by atoms with Crippen molar-refractivity contribution in [3.8, 4) is 28.2 Å². The fraction of sp³-hybridized carbons (Fsp3) is 0.394. The largest absolute Gasteiger partial charge is 0.489 e. The number of fused-ring (bicyclic) bond motifs is 1. The second-order valence-electron chi connectivity index (χ2n) is 11.1. The molecule has 1 amide bonds. The first kappa shape index (κ1) is 28.9. The molecule has 2 aromatic carbocycles. The van der Waals surface area contributed by atoms with Crippen LogP contribution in [0, 0.1) is 5.82 Å². The van der Waals surface area contributed by atoms with Crippen molar-refractivity contribution in [1.29, 1.82) is 0 Å². The number of furan rings is 1. The molecule has 0 saturated carbocycles. The highest BCUT2D eigenvalue weighted by Crippen LogP contribution is 2.43. The predicted molar refractivity (Wildman–Crippen MR) is 165 cm³/mol. The molecule has 0 spiro atoms. The summed E-state index contributed by atoms with van der Waals surface area (Å²) in [5.41, 5.74) is 3.75. The van der Waals surface area contributed by atoms with Crippen molar-refractivity contribution in [2.24, 2.45) is 0 Å². The third-order valence-corrected chi connectivity index (χ3v) is 8.35. The minimum absolute atomic E-state index is 0.239. The highest BCUT2D eigenvalue weighted by atomic mass is 19.1. The van der Waals surface area contributed by atoms with Crippen LogP contribution >= 0.6 is 0 Å². The van der Waals surface area contributed by atoms with Crippen molar-refractivity contribution in [3.63, 3.8) is 0 Å². The van der Waals surface area contributed by atoms with Crippen molar-refractivity contribution in [2.75, 3.05) is 70.8 Å². The number of piperazine rings is 1. The minimum Gasteiger partial charge on any atom is -0.489 e. The van der Waals surface area contributed by atoms with E-state index in [1.165, 1.54) is 30.2 Å². The lowest BCUT2D eigenvalue weighted by molar-refractivity contribution is 0.107. The number of benzene rings is 2. The molecule has 0 aliphatic carbocycles. The summed E-state index contributed by atoms with van der Waals surface area (Å²) < 4.78 is 27.5. The topological polar surface area (TPSA) is 94.3 Å². The van der Waals surface area contributed by atoms with E-state index in [1.54, 1.807) is 12.3 Å². The molecule has 2 aliphatic heterocycles. The second kappa shape index (κ2) is 13.4. The third kappa shape index (κ3) is 6.76. The number of anilines is 1. The molecule has 2 saturated heterocycles. The molecule has 0 unspecified atom stereocenters. The molecule has 4 aromatic rings. The van der Waals surface area contributed by atoms with Crippen LogP contribution in [0.3, 0.4) is 0 Å². The van der Waals surface area contributed by atoms with Crippen molar-refractivity contribution in [1.82, 2.24) is 19.7 Å². The number of carbonyl (C=O) groups is 1. The SMILES string of the molecule is O=C(O)N1CCN(CCNc2ccnc3oc(-c4ccc(OCCN5CCCCC5)c(F)c4)c(-c4ccccc4)c23)CC1. The van der Waals surface area contributed by atoms with E-state index in [9.17, 15) is 9.90 Å². The summed E-state index contributed by atoms with van der Waals surface area (Å²) in [5, 5.41) is 13.6. The molecule has 0 atom stereocenters. The highest BCUT2D eigenvalue weighted by Gasteiger charge is 2.23. The number of ether oxygens (including phenoxy) is 1. The monoisotopic (exact) mass is 587 g/mol. The van der Waals surface area contributed by atoms with Gasteiger partial charge in [-0.25, -0.2) is 14.2 Å². The van der Waals surface area contributed by atoms with Gasteiger partial charge in [-0.05, 0) is 55.8 Å². The molecule has 43 heavy (non-hydrogen) atoms. The van der Waals surface area contributed by atoms with Gasteiger partial charge in [0.2, 0.25) is 5.71 Å². The quantitative estimate of drug-likeness (QED) is 0.238. The Hall–Kier alpha value is -4.15. The van der Waals surface area contributed by atoms with Gasteiger partial charge in [0.05, 0.1) is 5.39 Å². The Balaban J connectivity index is 1.22. The summed E-state index contributed by atoms with van der Waals surface area (Å²) in [6, 6.07) is 16.9. The second-order valence-corrected chi connectivity index (χ2v) is 11.1. The lowest BCUT2D eigenvalue weighted by Crippen LogP contribution is -2.49. The number of pyridine rings is 1. The molecular weight excluding hydrogens is 549 g/mol. The summed E-state index contributed by atoms with van der Waals surface area (Å²) in [7, 11) is 0. The lowest BCUT2D eigenvalue weighted by Gasteiger charge is -2.33. The van der Waals surface area contributed by atoms with E-state index in [-0.39, 0.29) is 5.75 Å². The van der Waals surface area contributed by atoms with Crippen molar-refractivity contribution in [2.45, 2.75) is 19.3 Å². The van der Waals surface area contributed by atoms with Gasteiger partial charge in [0, 0.05) is 68.8 Å². The Morgan fingerprint density at radius 3 is 2.44 bits per heavy atom. The average molecular weight is 588 g/mol. The van der Waals surface area contributed by atoms with Crippen LogP contribution in [0.15, 0.2) is 65.2 Å². The van der Waals surface area contributed by atoms with Gasteiger partial charge in [-0.15, -0.1) is 0 Å². The summed E-state index contributed by atoms with van der Waals surface area (Å²) >= 11 is 0. The summed E-state index contributed by atoms with van der Waals surface area (Å²) in [4.78, 5) is 21.8. The summed E-state index contributed by atoms with van der Waals surface area (Å²) in [6.45, 7) is 7.26. The zero-order valence-electron chi connectivity index (χ0n) is 24.3. The number of aromatic nitrogens is 1. The van der Waals surface area contributed by atoms with Gasteiger partial charge in [-0.2, -0.15) is 0 Å². The zero-order chi connectivity index (χ0) is 29.6. The Morgan fingerprint density at radius 1 is 0.930 bits per heavy atom. The van der Waals surface area contributed by atoms with Crippen LogP contribution in [0.4, 0.5) is 14.9 Å². The van der Waals surface area contributed by atoms with Gasteiger partial charge >= 0.3 is 6.09 Å². The van der Waals surface area contributed by atoms with Crippen molar-refractivity contribution < 1.29 is 23.4 Å². The molecule has 10 heteroatoms. The number of nitrogens with one attached hydrogen (secondary N) is 1. The maximum absolute atomic E-state index is 15.3. The lowest BCUT2D eigenvalue weighted by atomic mass is 9.98. The normalized spacial score (nSPS) is 16.4. The van der Waals surface area contributed by atoms with Crippen molar-refractivity contribution in [3.05, 3.63) is 66.6 Å². The smallest absolute Gasteiger partial charge is 0.407 e. The van der Waals surface area contributed by atoms with Gasteiger partial charge in [0.1, 0.15) is 12.4 Å². The minimum atomic E-state index is -0.865. The predicted octanol–water partition coefficient (Wildman–Crippen LogP) is 5.87. The van der Waals surface area contributed by atoms with Gasteiger partial charge < -0.3 is 24.5 Å². The van der Waals surface area contributed by atoms with Crippen LogP contribution in [0.2, 0.25) is 0 Å². The van der Waals surface area contributed by atoms with E-state index in [0.717, 1.165) is 48.4 Å². The Morgan fingerprint density at radius 2 is 1.70 bits per heavy atom. The van der Waals surface area contributed by atoms with Gasteiger partial charge in [0.25, 0.3) is 0 Å². The first-order valence-electron chi connectivity index (χ1n) is 15.1. The average Bonchev–Trinajstić information content (AvgIpc) is 3.44. The number of hydrogen-bond donors (Lipinski definition) is 2. The molecule has 226 valence electrons. The van der Waals surface area contributed by atoms with Crippen LogP contribution < -0.4 is 10.1 Å². The number of nitrogens with zero attached hydrogens (tertiary/aromatic N) is 4. The van der Waals surface area contributed by atoms with Gasteiger partial charge in [0.15, 0.2) is 11.6 Å². The molecule has 6 rings (SSSR count). The summed E-state index contributed by atoms with van der Waals surface area (Å²) in [6.07, 6.45) is 4.54. The maximum Gasteiger partial charge on any atom is 0.407 e. The number of halogens is 1. The van der Waals surface area contributed by atoms with Crippen LogP contribution in [0.1, 0.15) is 19.3 Å². The first-order chi connectivity index (χ1) is 21.1. The number of amides is 1. The number of likely N-dealkylation sites (tertiary alicyclic amines) is 1. The molecule has 9 nitrogen and oxygen atoms in total. The van der Waals surface area contributed by atoms with Crippen LogP contribution in [-0.2, 0) is 0 Å². The van der Waals surface area contributed by atoms with E-state index in [0.29, 0.717) is 56.4 Å². The molecule has 0 bridgehead atoms. The van der Waals surface area contributed by atoms with Crippen LogP contribution in [0.25, 0.3) is 33.6 Å². The van der Waals surface area contributed by atoms with Gasteiger partial charge in [-0.1, -0.05) is 36.8 Å². The fourth-order valence-corrected chi connectivity index (χ4v) is 5.99. The first-order valence-corrected chi connectivity index (χ1v) is 15.1. The zero-order valence-corrected chi connectivity index (χ0v) is 24.3. The molecule has 2 fully saturated rings. The van der Waals surface area contributed by atoms with E-state index < -0.39 is 11.9 Å². The standard InChI is InChI=1S/C33H38FN5O4/c34-26-23-25(9-10-28(26)42-22-21-37-14-5-2-6-15-37)31-29(24-7-3-1-4-8-24)30-27(11-12-36-32(30)43-31)35-13-16-38-17-19-39(20-18-38)33(40)41/h1,3-4,7-12,23H,2,5-6,13-22H2,(H,35,36)(H,40,41). The van der Waals surface area contributed by atoms with E-state index >= 15 is 4.39 Å². The van der Waals surface area contributed by atoms with E-state index in [2.05, 4.69) is 20.1 Å². The molecule has 2 aliphatic rings. The van der Waals surface area contributed by atoms with Crippen molar-refractivity contribution >= 4 is 22.9 Å². The molecule has 0 radical (unpaired) electrons. The Kier molecular flexibility index (Phi) is 9.04. The maximum atomic E-state index is 15.3. The number of piperidine rings is 1. The van der Waals surface area contributed by atoms with Crippen LogP contribution in [-0.4, -0.2) is 96.4 Å². The van der Waals surface area contributed by atoms with E-state index in [1.807, 2.05) is 42.5 Å². The van der Waals surface area contributed by atoms with Gasteiger partial charge in [-0.3, -0.25) is 9.80 Å². The third-order valence-electron chi connectivity index (χ3n) is 8.35. The number of hydrogen-bond acceptors (Lipinski definition) is 7. The van der Waals surface area contributed by atoms with Crippen LogP contribution in [0.5, 0.6) is 5.75 Å². The van der Waals surface area contributed by atoms with E-state index in [4.69, 9.17) is 9.15 Å². The Labute approximate surface area is 250 Å². The number of rotatable bonds is 10. The molecular formula is C33H38FN5O4.